The molecule has 1 aromatic rings. The molecule has 3 rings (SSSR count). The lowest BCUT2D eigenvalue weighted by Gasteiger charge is -2.34. The van der Waals surface area contributed by atoms with Gasteiger partial charge in [0.25, 0.3) is 0 Å². The number of hydrogen-bond acceptors (Lipinski definition) is 4. The Morgan fingerprint density at radius 1 is 1.15 bits per heavy atom. The van der Waals surface area contributed by atoms with Crippen LogP contribution < -0.4 is 5.73 Å². The molecule has 0 bridgehead atoms. The minimum Gasteiger partial charge on any atom is -0.324 e. The molecule has 0 aromatic carbocycles. The van der Waals surface area contributed by atoms with Crippen molar-refractivity contribution in [3.05, 3.63) is 11.6 Å². The third kappa shape index (κ3) is 2.54. The topological polar surface area (TPSA) is 60.0 Å². The summed E-state index contributed by atoms with van der Waals surface area (Å²) in [5.41, 5.74) is 6.13. The molecule has 1 aromatic heterocycles. The Morgan fingerprint density at radius 2 is 1.85 bits per heavy atom. The largest absolute Gasteiger partial charge is 0.451 e. The normalized spacial score (nSPS) is 23.0. The highest BCUT2D eigenvalue weighted by Gasteiger charge is 2.40. The van der Waals surface area contributed by atoms with Crippen molar-refractivity contribution in [2.45, 2.75) is 50.5 Å². The predicted octanol–water partition coefficient (Wildman–Crippen LogP) is 1.38. The van der Waals surface area contributed by atoms with Crippen molar-refractivity contribution in [3.8, 4) is 0 Å². The van der Waals surface area contributed by atoms with Gasteiger partial charge in [-0.1, -0.05) is 12.8 Å². The van der Waals surface area contributed by atoms with E-state index < -0.39 is 12.0 Å². The number of rotatable bonds is 2. The predicted molar refractivity (Wildman–Crippen MR) is 65.7 cm³/mol. The zero-order valence-electron chi connectivity index (χ0n) is 11.2. The van der Waals surface area contributed by atoms with E-state index in [9.17, 15) is 13.2 Å². The Morgan fingerprint density at radius 3 is 2.50 bits per heavy atom. The molecule has 0 atom stereocenters. The molecule has 1 fully saturated rings. The van der Waals surface area contributed by atoms with Gasteiger partial charge >= 0.3 is 6.18 Å². The van der Waals surface area contributed by atoms with E-state index in [1.807, 2.05) is 0 Å². The molecule has 0 radical (unpaired) electrons. The maximum atomic E-state index is 12.7. The number of halogens is 3. The zero-order chi connectivity index (χ0) is 14.4. The van der Waals surface area contributed by atoms with Crippen molar-refractivity contribution in [1.82, 2.24) is 19.7 Å². The summed E-state index contributed by atoms with van der Waals surface area (Å²) in [6, 6.07) is 0. The molecule has 1 aliphatic heterocycles. The van der Waals surface area contributed by atoms with E-state index in [2.05, 4.69) is 15.1 Å². The van der Waals surface area contributed by atoms with E-state index in [-0.39, 0.29) is 12.1 Å². The first-order valence-corrected chi connectivity index (χ1v) is 6.88. The highest BCUT2D eigenvalue weighted by molar-refractivity contribution is 5.03. The molecule has 1 saturated carbocycles. The van der Waals surface area contributed by atoms with Crippen LogP contribution in [0, 0.1) is 0 Å². The van der Waals surface area contributed by atoms with Crippen molar-refractivity contribution in [1.29, 1.82) is 0 Å². The zero-order valence-corrected chi connectivity index (χ0v) is 11.2. The Labute approximate surface area is 114 Å². The van der Waals surface area contributed by atoms with Crippen LogP contribution in [0.3, 0.4) is 0 Å². The maximum absolute atomic E-state index is 12.7. The third-order valence-electron chi connectivity index (χ3n) is 4.22. The fraction of sp³-hybridized carbons (Fsp3) is 0.833. The summed E-state index contributed by atoms with van der Waals surface area (Å²) in [4.78, 5) is 2.09. The minimum atomic E-state index is -4.44. The Hall–Kier alpha value is -1.15. The van der Waals surface area contributed by atoms with Crippen molar-refractivity contribution in [2.24, 2.45) is 5.73 Å². The minimum absolute atomic E-state index is 0.185. The molecule has 1 aliphatic carbocycles. The molecule has 0 unspecified atom stereocenters. The Balaban J connectivity index is 1.72. The van der Waals surface area contributed by atoms with Crippen LogP contribution >= 0.6 is 0 Å². The van der Waals surface area contributed by atoms with Gasteiger partial charge in [0.2, 0.25) is 5.82 Å². The number of alkyl halides is 3. The monoisotopic (exact) mass is 289 g/mol. The summed E-state index contributed by atoms with van der Waals surface area (Å²) >= 11 is 0. The van der Waals surface area contributed by atoms with E-state index in [1.54, 1.807) is 0 Å². The SMILES string of the molecule is NC1(CN2CCn3c(nnc3C(F)(F)F)C2)CCCC1. The molecule has 0 amide bonds. The van der Waals surface area contributed by atoms with Crippen LogP contribution in [0.15, 0.2) is 0 Å². The first-order chi connectivity index (χ1) is 9.37. The van der Waals surface area contributed by atoms with Crippen LogP contribution in [0.1, 0.15) is 37.3 Å². The van der Waals surface area contributed by atoms with Gasteiger partial charge in [0, 0.05) is 25.2 Å². The van der Waals surface area contributed by atoms with Crippen LogP contribution in [-0.4, -0.2) is 38.3 Å². The number of nitrogens with two attached hydrogens (primary N) is 1. The van der Waals surface area contributed by atoms with Crippen LogP contribution in [-0.2, 0) is 19.3 Å². The maximum Gasteiger partial charge on any atom is 0.451 e. The summed E-state index contributed by atoms with van der Waals surface area (Å²) in [7, 11) is 0. The summed E-state index contributed by atoms with van der Waals surface area (Å²) in [6.07, 6.45) is -0.181. The second-order valence-corrected chi connectivity index (χ2v) is 5.87. The fourth-order valence-corrected chi connectivity index (χ4v) is 3.23. The lowest BCUT2D eigenvalue weighted by molar-refractivity contribution is -0.148. The standard InChI is InChI=1S/C12H18F3N5/c13-12(14,15)10-18-17-9-7-19(5-6-20(9)10)8-11(16)3-1-2-4-11/h1-8,16H2. The van der Waals surface area contributed by atoms with Crippen LogP contribution in [0.25, 0.3) is 0 Å². The average molecular weight is 289 g/mol. The van der Waals surface area contributed by atoms with E-state index in [4.69, 9.17) is 5.73 Å². The van der Waals surface area contributed by atoms with Crippen LogP contribution in [0.2, 0.25) is 0 Å². The molecular weight excluding hydrogens is 271 g/mol. The first-order valence-electron chi connectivity index (χ1n) is 6.88. The van der Waals surface area contributed by atoms with Crippen molar-refractivity contribution in [2.75, 3.05) is 13.1 Å². The van der Waals surface area contributed by atoms with Gasteiger partial charge in [-0.15, -0.1) is 10.2 Å². The van der Waals surface area contributed by atoms with Crippen LogP contribution in [0.4, 0.5) is 13.2 Å². The Bertz CT molecular complexity index is 490. The highest BCUT2D eigenvalue weighted by Crippen LogP contribution is 2.31. The number of nitrogens with zero attached hydrogens (tertiary/aromatic N) is 4. The summed E-state index contributed by atoms with van der Waals surface area (Å²) in [6.45, 7) is 1.95. The van der Waals surface area contributed by atoms with Gasteiger partial charge in [-0.25, -0.2) is 0 Å². The molecule has 20 heavy (non-hydrogen) atoms. The van der Waals surface area contributed by atoms with Gasteiger partial charge in [-0.3, -0.25) is 4.90 Å². The highest BCUT2D eigenvalue weighted by atomic mass is 19.4. The van der Waals surface area contributed by atoms with E-state index >= 15 is 0 Å². The van der Waals surface area contributed by atoms with Crippen LogP contribution in [0.5, 0.6) is 0 Å². The number of aromatic nitrogens is 3. The lowest BCUT2D eigenvalue weighted by Crippen LogP contribution is -2.50. The van der Waals surface area contributed by atoms with Crippen molar-refractivity contribution < 1.29 is 13.2 Å². The number of fused-ring (bicyclic) bond motifs is 1. The molecule has 8 heteroatoms. The van der Waals surface area contributed by atoms with E-state index in [1.165, 1.54) is 4.57 Å². The lowest BCUT2D eigenvalue weighted by atomic mass is 9.98. The average Bonchev–Trinajstić information content (AvgIpc) is 2.94. The van der Waals surface area contributed by atoms with Gasteiger partial charge < -0.3 is 10.3 Å². The van der Waals surface area contributed by atoms with Crippen molar-refractivity contribution >= 4 is 0 Å². The second-order valence-electron chi connectivity index (χ2n) is 5.87. The fourth-order valence-electron chi connectivity index (χ4n) is 3.23. The summed E-state index contributed by atoms with van der Waals surface area (Å²) in [5.74, 6) is -0.513. The smallest absolute Gasteiger partial charge is 0.324 e. The van der Waals surface area contributed by atoms with E-state index in [0.29, 0.717) is 18.9 Å². The molecular formula is C12H18F3N5. The van der Waals surface area contributed by atoms with Gasteiger partial charge in [-0.2, -0.15) is 13.2 Å². The molecule has 2 aliphatic rings. The summed E-state index contributed by atoms with van der Waals surface area (Å²) in [5, 5.41) is 6.96. The molecule has 5 nitrogen and oxygen atoms in total. The quantitative estimate of drug-likeness (QED) is 0.893. The molecule has 2 N–H and O–H groups in total. The second kappa shape index (κ2) is 4.70. The van der Waals surface area contributed by atoms with Gasteiger partial charge in [0.15, 0.2) is 0 Å². The molecule has 0 spiro atoms. The van der Waals surface area contributed by atoms with Gasteiger partial charge in [-0.05, 0) is 12.8 Å². The molecule has 2 heterocycles. The van der Waals surface area contributed by atoms with Gasteiger partial charge in [0.05, 0.1) is 6.54 Å². The third-order valence-corrected chi connectivity index (χ3v) is 4.22. The molecule has 0 saturated heterocycles. The van der Waals surface area contributed by atoms with E-state index in [0.717, 1.165) is 32.2 Å². The first kappa shape index (κ1) is 13.8. The summed E-state index contributed by atoms with van der Waals surface area (Å²) < 4.78 is 39.4. The molecule has 112 valence electrons. The van der Waals surface area contributed by atoms with Crippen molar-refractivity contribution in [3.63, 3.8) is 0 Å². The van der Waals surface area contributed by atoms with Gasteiger partial charge in [0.1, 0.15) is 5.82 Å². The Kier molecular flexibility index (Phi) is 3.24. The number of hydrogen-bond donors (Lipinski definition) is 1.